The van der Waals surface area contributed by atoms with E-state index >= 15 is 0 Å². The zero-order valence-corrected chi connectivity index (χ0v) is 20.3. The van der Waals surface area contributed by atoms with Crippen LogP contribution < -0.4 is 5.32 Å². The van der Waals surface area contributed by atoms with Gasteiger partial charge in [-0.1, -0.05) is 43.6 Å². The molecule has 1 aliphatic heterocycles. The number of halogens is 2. The van der Waals surface area contributed by atoms with E-state index in [4.69, 9.17) is 0 Å². The Morgan fingerprint density at radius 3 is 1.86 bits per heavy atom. The molecule has 0 saturated carbocycles. The lowest BCUT2D eigenvalue weighted by Crippen LogP contribution is -2.42. The number of ketones is 2. The van der Waals surface area contributed by atoms with Gasteiger partial charge >= 0.3 is 0 Å². The Kier molecular flexibility index (Phi) is 4.90. The Labute approximate surface area is 188 Å². The van der Waals surface area contributed by atoms with Crippen LogP contribution in [0, 0.1) is 10.8 Å². The van der Waals surface area contributed by atoms with Gasteiger partial charge in [-0.25, -0.2) is 0 Å². The van der Waals surface area contributed by atoms with Crippen molar-refractivity contribution in [2.45, 2.75) is 59.3 Å². The molecular formula is C23H25Br2NO3. The van der Waals surface area contributed by atoms with E-state index in [1.54, 1.807) is 6.07 Å². The average Bonchev–Trinajstić information content (AvgIpc) is 2.53. The lowest BCUT2D eigenvalue weighted by Gasteiger charge is -2.44. The molecule has 1 heterocycles. The minimum absolute atomic E-state index is 0.0495. The van der Waals surface area contributed by atoms with Gasteiger partial charge < -0.3 is 10.4 Å². The van der Waals surface area contributed by atoms with Crippen LogP contribution in [0.4, 0.5) is 0 Å². The summed E-state index contributed by atoms with van der Waals surface area (Å²) in [5.41, 5.74) is 3.38. The molecule has 1 aromatic rings. The Morgan fingerprint density at radius 2 is 1.38 bits per heavy atom. The molecule has 6 heteroatoms. The molecule has 4 rings (SSSR count). The zero-order valence-electron chi connectivity index (χ0n) is 17.1. The Balaban J connectivity index is 1.98. The maximum atomic E-state index is 13.3. The first kappa shape index (κ1) is 20.9. The molecule has 0 fully saturated rings. The minimum atomic E-state index is -0.540. The molecule has 0 bridgehead atoms. The number of phenolic OH excluding ortho intramolecular Hbond substituents is 1. The SMILES string of the molecule is CC1(C)CC(=O)C2=C(C1)NC1=C(C(=O)CC(C)(C)C1)C2c1cc(Br)cc(Br)c1O. The maximum Gasteiger partial charge on any atom is 0.162 e. The number of phenols is 1. The summed E-state index contributed by atoms with van der Waals surface area (Å²) in [4.78, 5) is 26.6. The summed E-state index contributed by atoms with van der Waals surface area (Å²) >= 11 is 6.91. The van der Waals surface area contributed by atoms with Crippen molar-refractivity contribution in [1.82, 2.24) is 5.32 Å². The third kappa shape index (κ3) is 3.63. The normalized spacial score (nSPS) is 23.7. The van der Waals surface area contributed by atoms with Crippen LogP contribution in [0.3, 0.4) is 0 Å². The van der Waals surface area contributed by atoms with Crippen molar-refractivity contribution >= 4 is 43.4 Å². The molecule has 4 nitrogen and oxygen atoms in total. The highest BCUT2D eigenvalue weighted by atomic mass is 79.9. The topological polar surface area (TPSA) is 66.4 Å². The first-order valence-corrected chi connectivity index (χ1v) is 11.4. The monoisotopic (exact) mass is 521 g/mol. The number of hydrogen-bond acceptors (Lipinski definition) is 4. The summed E-state index contributed by atoms with van der Waals surface area (Å²) in [5.74, 6) is -0.363. The summed E-state index contributed by atoms with van der Waals surface area (Å²) in [6.45, 7) is 8.38. The summed E-state index contributed by atoms with van der Waals surface area (Å²) in [6.07, 6.45) is 2.35. The number of carbonyl (C=O) groups is 2. The first-order valence-electron chi connectivity index (χ1n) is 9.86. The van der Waals surface area contributed by atoms with E-state index in [9.17, 15) is 14.7 Å². The molecule has 0 atom stereocenters. The second-order valence-electron chi connectivity index (χ2n) is 10.0. The molecule has 2 aliphatic carbocycles. The number of benzene rings is 1. The first-order chi connectivity index (χ1) is 13.4. The highest BCUT2D eigenvalue weighted by Crippen LogP contribution is 2.53. The van der Waals surface area contributed by atoms with Crippen molar-refractivity contribution in [3.63, 3.8) is 0 Å². The molecule has 0 radical (unpaired) electrons. The third-order valence-electron chi connectivity index (χ3n) is 6.09. The van der Waals surface area contributed by atoms with E-state index in [0.717, 1.165) is 28.7 Å². The van der Waals surface area contributed by atoms with Crippen LogP contribution in [-0.4, -0.2) is 16.7 Å². The molecule has 0 spiro atoms. The van der Waals surface area contributed by atoms with Gasteiger partial charge in [0.2, 0.25) is 0 Å². The molecule has 3 aliphatic rings. The van der Waals surface area contributed by atoms with Crippen molar-refractivity contribution in [2.75, 3.05) is 0 Å². The van der Waals surface area contributed by atoms with Crippen molar-refractivity contribution in [2.24, 2.45) is 10.8 Å². The zero-order chi connectivity index (χ0) is 21.3. The fourth-order valence-electron chi connectivity index (χ4n) is 5.01. The number of carbonyl (C=O) groups excluding carboxylic acids is 2. The molecule has 0 saturated heterocycles. The largest absolute Gasteiger partial charge is 0.506 e. The van der Waals surface area contributed by atoms with Crippen LogP contribution in [0.25, 0.3) is 0 Å². The van der Waals surface area contributed by atoms with E-state index in [1.807, 2.05) is 6.07 Å². The van der Waals surface area contributed by atoms with E-state index in [2.05, 4.69) is 64.9 Å². The lowest BCUT2D eigenvalue weighted by molar-refractivity contribution is -0.119. The van der Waals surface area contributed by atoms with Crippen molar-refractivity contribution < 1.29 is 14.7 Å². The maximum absolute atomic E-state index is 13.3. The van der Waals surface area contributed by atoms with Crippen LogP contribution >= 0.6 is 31.9 Å². The highest BCUT2D eigenvalue weighted by molar-refractivity contribution is 9.11. The van der Waals surface area contributed by atoms with Gasteiger partial charge in [0.25, 0.3) is 0 Å². The molecule has 1 aromatic carbocycles. The van der Waals surface area contributed by atoms with Gasteiger partial charge in [-0.15, -0.1) is 0 Å². The van der Waals surface area contributed by atoms with Crippen LogP contribution in [0.1, 0.15) is 64.9 Å². The van der Waals surface area contributed by atoms with Gasteiger partial charge in [0, 0.05) is 51.3 Å². The van der Waals surface area contributed by atoms with Gasteiger partial charge in [-0.2, -0.15) is 0 Å². The number of allylic oxidation sites excluding steroid dienone is 4. The van der Waals surface area contributed by atoms with Gasteiger partial charge in [0.15, 0.2) is 11.6 Å². The quantitative estimate of drug-likeness (QED) is 0.482. The molecule has 0 aromatic heterocycles. The summed E-state index contributed by atoms with van der Waals surface area (Å²) in [6, 6.07) is 3.59. The van der Waals surface area contributed by atoms with E-state index in [1.165, 1.54) is 0 Å². The van der Waals surface area contributed by atoms with Gasteiger partial charge in [-0.3, -0.25) is 9.59 Å². The number of hydrogen-bond donors (Lipinski definition) is 2. The number of rotatable bonds is 1. The predicted octanol–water partition coefficient (Wildman–Crippen LogP) is 5.89. The predicted molar refractivity (Wildman–Crippen MR) is 119 cm³/mol. The average molecular weight is 523 g/mol. The van der Waals surface area contributed by atoms with Gasteiger partial charge in [0.1, 0.15) is 5.75 Å². The van der Waals surface area contributed by atoms with Gasteiger partial charge in [0.05, 0.1) is 4.47 Å². The fourth-order valence-corrected chi connectivity index (χ4v) is 6.26. The van der Waals surface area contributed by atoms with E-state index in [-0.39, 0.29) is 28.1 Å². The summed E-state index contributed by atoms with van der Waals surface area (Å²) in [5, 5.41) is 14.4. The number of Topliss-reactive ketones (excluding diaryl/α,β-unsaturated/α-hetero) is 2. The molecule has 0 unspecified atom stereocenters. The Bertz CT molecular complexity index is 965. The smallest absolute Gasteiger partial charge is 0.162 e. The van der Waals surface area contributed by atoms with Crippen molar-refractivity contribution in [1.29, 1.82) is 0 Å². The van der Waals surface area contributed by atoms with E-state index < -0.39 is 5.92 Å². The standard InChI is InChI=1S/C23H25Br2NO3/c1-22(2)7-14-19(16(27)9-22)18(12-5-11(24)6-13(25)21(12)29)20-15(26-14)8-23(3,4)10-17(20)28/h5-6,18,26,29H,7-10H2,1-4H3. The third-order valence-corrected chi connectivity index (χ3v) is 7.15. The fraction of sp³-hybridized carbons (Fsp3) is 0.478. The van der Waals surface area contributed by atoms with Crippen LogP contribution in [0.15, 0.2) is 43.6 Å². The van der Waals surface area contributed by atoms with Gasteiger partial charge in [-0.05, 0) is 51.7 Å². The number of dihydropyridines is 1. The van der Waals surface area contributed by atoms with E-state index in [0.29, 0.717) is 34.0 Å². The minimum Gasteiger partial charge on any atom is -0.506 e. The highest BCUT2D eigenvalue weighted by Gasteiger charge is 2.47. The second-order valence-corrected chi connectivity index (χ2v) is 11.8. The summed E-state index contributed by atoms with van der Waals surface area (Å²) in [7, 11) is 0. The van der Waals surface area contributed by atoms with Crippen molar-refractivity contribution in [3.05, 3.63) is 49.2 Å². The molecule has 29 heavy (non-hydrogen) atoms. The number of aromatic hydroxyl groups is 1. The molecule has 0 amide bonds. The molecule has 2 N–H and O–H groups in total. The second kappa shape index (κ2) is 6.81. The van der Waals surface area contributed by atoms with Crippen LogP contribution in [0.5, 0.6) is 5.75 Å². The number of nitrogens with one attached hydrogen (secondary N) is 1. The molecular weight excluding hydrogens is 498 g/mol. The van der Waals surface area contributed by atoms with Crippen LogP contribution in [-0.2, 0) is 9.59 Å². The summed E-state index contributed by atoms with van der Waals surface area (Å²) < 4.78 is 1.32. The van der Waals surface area contributed by atoms with Crippen LogP contribution in [0.2, 0.25) is 0 Å². The Morgan fingerprint density at radius 1 is 0.897 bits per heavy atom. The van der Waals surface area contributed by atoms with Crippen molar-refractivity contribution in [3.8, 4) is 5.75 Å². The molecule has 154 valence electrons. The lowest BCUT2D eigenvalue weighted by atomic mass is 9.64. The Hall–Kier alpha value is -1.40.